The van der Waals surface area contributed by atoms with Gasteiger partial charge in [0.15, 0.2) is 6.29 Å². The van der Waals surface area contributed by atoms with Crippen molar-refractivity contribution in [3.05, 3.63) is 48.0 Å². The molecule has 0 amide bonds. The fourth-order valence-electron chi connectivity index (χ4n) is 3.31. The van der Waals surface area contributed by atoms with Gasteiger partial charge < -0.3 is 9.47 Å². The summed E-state index contributed by atoms with van der Waals surface area (Å²) in [5, 5.41) is 0. The van der Waals surface area contributed by atoms with E-state index < -0.39 is 0 Å². The SMILES string of the molecule is C=C(CCCC(C)OC1CCCCO1)CC(C)(C)C#Cc1ccccc1. The van der Waals surface area contributed by atoms with E-state index in [0.29, 0.717) is 0 Å². The lowest BCUT2D eigenvalue weighted by atomic mass is 9.85. The third-order valence-electron chi connectivity index (χ3n) is 4.67. The van der Waals surface area contributed by atoms with Gasteiger partial charge in [-0.1, -0.05) is 42.2 Å². The first-order valence-electron chi connectivity index (χ1n) is 9.96. The highest BCUT2D eigenvalue weighted by molar-refractivity contribution is 5.35. The third kappa shape index (κ3) is 8.21. The smallest absolute Gasteiger partial charge is 0.157 e. The molecule has 2 nitrogen and oxygen atoms in total. The average Bonchev–Trinajstić information content (AvgIpc) is 2.61. The predicted octanol–water partition coefficient (Wildman–Crippen LogP) is 6.11. The molecule has 2 atom stereocenters. The number of rotatable bonds is 8. The van der Waals surface area contributed by atoms with Gasteiger partial charge >= 0.3 is 0 Å². The van der Waals surface area contributed by atoms with Crippen molar-refractivity contribution < 1.29 is 9.47 Å². The average molecular weight is 355 g/mol. The molecule has 1 aromatic carbocycles. The summed E-state index contributed by atoms with van der Waals surface area (Å²) in [6.07, 6.45) is 7.80. The Balaban J connectivity index is 1.68. The van der Waals surface area contributed by atoms with Crippen LogP contribution in [0.2, 0.25) is 0 Å². The molecular weight excluding hydrogens is 320 g/mol. The highest BCUT2D eigenvalue weighted by Crippen LogP contribution is 2.27. The second-order valence-electron chi connectivity index (χ2n) is 8.06. The Kier molecular flexibility index (Phi) is 8.42. The Hall–Kier alpha value is -1.56. The monoisotopic (exact) mass is 354 g/mol. The molecule has 0 radical (unpaired) electrons. The van der Waals surface area contributed by atoms with Crippen molar-refractivity contribution >= 4 is 0 Å². The molecule has 0 saturated carbocycles. The van der Waals surface area contributed by atoms with Gasteiger partial charge in [-0.25, -0.2) is 0 Å². The van der Waals surface area contributed by atoms with Crippen LogP contribution in [0.25, 0.3) is 0 Å². The fraction of sp³-hybridized carbons (Fsp3) is 0.583. The van der Waals surface area contributed by atoms with E-state index in [1.54, 1.807) is 0 Å². The molecule has 1 fully saturated rings. The Morgan fingerprint density at radius 3 is 2.77 bits per heavy atom. The molecule has 142 valence electrons. The highest BCUT2D eigenvalue weighted by Gasteiger charge is 2.18. The van der Waals surface area contributed by atoms with Crippen LogP contribution in [0, 0.1) is 17.3 Å². The van der Waals surface area contributed by atoms with E-state index in [-0.39, 0.29) is 17.8 Å². The van der Waals surface area contributed by atoms with E-state index in [9.17, 15) is 0 Å². The molecule has 1 aromatic rings. The zero-order valence-electron chi connectivity index (χ0n) is 16.7. The fourth-order valence-corrected chi connectivity index (χ4v) is 3.31. The normalized spacial score (nSPS) is 18.7. The van der Waals surface area contributed by atoms with Crippen molar-refractivity contribution in [2.24, 2.45) is 5.41 Å². The van der Waals surface area contributed by atoms with E-state index in [4.69, 9.17) is 9.47 Å². The second kappa shape index (κ2) is 10.6. The number of ether oxygens (including phenoxy) is 2. The summed E-state index contributed by atoms with van der Waals surface area (Å²) in [4.78, 5) is 0. The maximum atomic E-state index is 5.99. The Bertz CT molecular complexity index is 600. The maximum absolute atomic E-state index is 5.99. The van der Waals surface area contributed by atoms with Crippen LogP contribution in [-0.4, -0.2) is 19.0 Å². The van der Waals surface area contributed by atoms with E-state index in [1.165, 1.54) is 12.0 Å². The number of allylic oxidation sites excluding steroid dienone is 1. The minimum atomic E-state index is -0.0506. The van der Waals surface area contributed by atoms with E-state index >= 15 is 0 Å². The minimum Gasteiger partial charge on any atom is -0.353 e. The molecule has 2 heteroatoms. The standard InChI is InChI=1S/C24H34O2/c1-20(11-10-12-21(2)26-23-15-8-9-18-25-23)19-24(3,4)17-16-22-13-6-5-7-14-22/h5-7,13-14,21,23H,1,8-12,15,18-19H2,2-4H3. The van der Waals surface area contributed by atoms with Crippen LogP contribution >= 0.6 is 0 Å². The van der Waals surface area contributed by atoms with Crippen molar-refractivity contribution in [3.63, 3.8) is 0 Å². The Morgan fingerprint density at radius 1 is 1.31 bits per heavy atom. The lowest BCUT2D eigenvalue weighted by Crippen LogP contribution is -2.26. The maximum Gasteiger partial charge on any atom is 0.157 e. The van der Waals surface area contributed by atoms with Gasteiger partial charge in [0.1, 0.15) is 0 Å². The van der Waals surface area contributed by atoms with Gasteiger partial charge in [-0.05, 0) is 77.8 Å². The van der Waals surface area contributed by atoms with Crippen molar-refractivity contribution in [2.45, 2.75) is 78.1 Å². The molecule has 2 unspecified atom stereocenters. The van der Waals surface area contributed by atoms with Crippen LogP contribution in [0.15, 0.2) is 42.5 Å². The number of hydrogen-bond acceptors (Lipinski definition) is 2. The van der Waals surface area contributed by atoms with E-state index in [1.807, 2.05) is 18.2 Å². The Morgan fingerprint density at radius 2 is 2.08 bits per heavy atom. The van der Waals surface area contributed by atoms with Crippen molar-refractivity contribution in [1.82, 2.24) is 0 Å². The first-order valence-corrected chi connectivity index (χ1v) is 9.96. The first-order chi connectivity index (χ1) is 12.4. The van der Waals surface area contributed by atoms with Gasteiger partial charge in [-0.15, -0.1) is 0 Å². The molecule has 0 N–H and O–H groups in total. The van der Waals surface area contributed by atoms with Crippen LogP contribution in [0.5, 0.6) is 0 Å². The zero-order valence-corrected chi connectivity index (χ0v) is 16.7. The molecule has 0 aliphatic carbocycles. The second-order valence-corrected chi connectivity index (χ2v) is 8.06. The van der Waals surface area contributed by atoms with E-state index in [0.717, 1.165) is 50.7 Å². The van der Waals surface area contributed by atoms with Gasteiger partial charge in [0.25, 0.3) is 0 Å². The molecule has 1 saturated heterocycles. The molecule has 0 bridgehead atoms. The van der Waals surface area contributed by atoms with Crippen molar-refractivity contribution in [1.29, 1.82) is 0 Å². The molecule has 2 rings (SSSR count). The quantitative estimate of drug-likeness (QED) is 0.414. The van der Waals surface area contributed by atoms with Gasteiger partial charge in [0.2, 0.25) is 0 Å². The van der Waals surface area contributed by atoms with E-state index in [2.05, 4.69) is 51.3 Å². The summed E-state index contributed by atoms with van der Waals surface area (Å²) < 4.78 is 11.6. The Labute approximate surface area is 160 Å². The zero-order chi connectivity index (χ0) is 18.8. The lowest BCUT2D eigenvalue weighted by Gasteiger charge is -2.26. The predicted molar refractivity (Wildman–Crippen MR) is 109 cm³/mol. The van der Waals surface area contributed by atoms with Crippen molar-refractivity contribution in [2.75, 3.05) is 6.61 Å². The summed E-state index contributed by atoms with van der Waals surface area (Å²) in [6.45, 7) is 11.7. The largest absolute Gasteiger partial charge is 0.353 e. The molecule has 1 aliphatic heterocycles. The lowest BCUT2D eigenvalue weighted by molar-refractivity contribution is -0.185. The van der Waals surface area contributed by atoms with Crippen LogP contribution in [0.4, 0.5) is 0 Å². The van der Waals surface area contributed by atoms with Crippen LogP contribution in [0.1, 0.15) is 71.3 Å². The summed E-state index contributed by atoms with van der Waals surface area (Å²) in [5.74, 6) is 6.69. The third-order valence-corrected chi connectivity index (χ3v) is 4.67. The summed E-state index contributed by atoms with van der Waals surface area (Å²) >= 11 is 0. The topological polar surface area (TPSA) is 18.5 Å². The van der Waals surface area contributed by atoms with Crippen molar-refractivity contribution in [3.8, 4) is 11.8 Å². The summed E-state index contributed by atoms with van der Waals surface area (Å²) in [6, 6.07) is 10.2. The first kappa shape index (κ1) is 20.7. The van der Waals surface area contributed by atoms with Gasteiger partial charge in [0.05, 0.1) is 6.10 Å². The van der Waals surface area contributed by atoms with Gasteiger partial charge in [0, 0.05) is 17.6 Å². The molecule has 0 aromatic heterocycles. The van der Waals surface area contributed by atoms with Crippen LogP contribution < -0.4 is 0 Å². The summed E-state index contributed by atoms with van der Waals surface area (Å²) in [7, 11) is 0. The molecule has 1 heterocycles. The van der Waals surface area contributed by atoms with Gasteiger partial charge in [-0.3, -0.25) is 0 Å². The molecule has 26 heavy (non-hydrogen) atoms. The molecule has 1 aliphatic rings. The minimum absolute atomic E-state index is 0.00847. The molecular formula is C24H34O2. The van der Waals surface area contributed by atoms with Crippen LogP contribution in [-0.2, 0) is 9.47 Å². The number of hydrogen-bond donors (Lipinski definition) is 0. The number of benzene rings is 1. The highest BCUT2D eigenvalue weighted by atomic mass is 16.7. The van der Waals surface area contributed by atoms with Crippen LogP contribution in [0.3, 0.4) is 0 Å². The summed E-state index contributed by atoms with van der Waals surface area (Å²) in [5.41, 5.74) is 2.30. The van der Waals surface area contributed by atoms with Gasteiger partial charge in [-0.2, -0.15) is 0 Å². The molecule has 0 spiro atoms.